The maximum Gasteiger partial charge on any atom is 0.294 e. The molecule has 3 N–H and O–H groups in total. The average Bonchev–Trinajstić information content (AvgIpc) is 2.17. The van der Waals surface area contributed by atoms with E-state index < -0.39 is 16.3 Å². The second-order valence-electron chi connectivity index (χ2n) is 4.38. The predicted molar refractivity (Wildman–Crippen MR) is 64.8 cm³/mol. The summed E-state index contributed by atoms with van der Waals surface area (Å²) in [5, 5.41) is 13.2. The van der Waals surface area contributed by atoms with Crippen molar-refractivity contribution >= 4 is 23.0 Å². The lowest BCUT2D eigenvalue weighted by Gasteiger charge is -2.19. The highest BCUT2D eigenvalue weighted by Crippen LogP contribution is 2.30. The molecular weight excluding hydrogens is 249 g/mol. The van der Waals surface area contributed by atoms with Gasteiger partial charge in [0.2, 0.25) is 0 Å². The standard InChI is InChI=1S/C10H13ClFN3O2/c1-10(2,13)5-14-8-4-7(12)6(11)3-9(8)15(16)17/h3-4,14H,5,13H2,1-2H3. The van der Waals surface area contributed by atoms with Crippen molar-refractivity contribution in [2.45, 2.75) is 19.4 Å². The van der Waals surface area contributed by atoms with E-state index in [-0.39, 0.29) is 22.9 Å². The van der Waals surface area contributed by atoms with Crippen molar-refractivity contribution in [2.75, 3.05) is 11.9 Å². The Morgan fingerprint density at radius 3 is 2.65 bits per heavy atom. The van der Waals surface area contributed by atoms with Crippen LogP contribution in [0, 0.1) is 15.9 Å². The van der Waals surface area contributed by atoms with Gasteiger partial charge in [0.15, 0.2) is 0 Å². The van der Waals surface area contributed by atoms with Crippen LogP contribution in [0.25, 0.3) is 0 Å². The van der Waals surface area contributed by atoms with Crippen LogP contribution >= 0.6 is 11.6 Å². The fourth-order valence-corrected chi connectivity index (χ4v) is 1.31. The molecule has 0 radical (unpaired) electrons. The summed E-state index contributed by atoms with van der Waals surface area (Å²) >= 11 is 5.49. The minimum atomic E-state index is -0.713. The number of halogens is 2. The molecule has 1 rings (SSSR count). The Morgan fingerprint density at radius 1 is 1.59 bits per heavy atom. The van der Waals surface area contributed by atoms with E-state index in [1.807, 2.05) is 0 Å². The zero-order chi connectivity index (χ0) is 13.2. The molecule has 0 fully saturated rings. The van der Waals surface area contributed by atoms with Crippen LogP contribution < -0.4 is 11.1 Å². The third-order valence-electron chi connectivity index (χ3n) is 1.97. The van der Waals surface area contributed by atoms with Crippen molar-refractivity contribution in [3.63, 3.8) is 0 Å². The molecule has 0 spiro atoms. The predicted octanol–water partition coefficient (Wildman–Crippen LogP) is 2.54. The summed E-state index contributed by atoms with van der Waals surface area (Å²) in [6.07, 6.45) is 0. The topological polar surface area (TPSA) is 81.2 Å². The summed E-state index contributed by atoms with van der Waals surface area (Å²) in [5.74, 6) is -0.713. The molecular formula is C10H13ClFN3O2. The summed E-state index contributed by atoms with van der Waals surface area (Å²) in [4.78, 5) is 10.1. The Kier molecular flexibility index (Phi) is 3.90. The lowest BCUT2D eigenvalue weighted by atomic mass is 10.1. The van der Waals surface area contributed by atoms with Gasteiger partial charge in [-0.3, -0.25) is 10.1 Å². The highest BCUT2D eigenvalue weighted by Gasteiger charge is 2.19. The molecule has 0 aliphatic heterocycles. The first-order valence-corrected chi connectivity index (χ1v) is 5.25. The number of hydrogen-bond acceptors (Lipinski definition) is 4. The number of hydrogen-bond donors (Lipinski definition) is 2. The maximum atomic E-state index is 13.2. The van der Waals surface area contributed by atoms with E-state index in [0.717, 1.165) is 12.1 Å². The number of nitro benzene ring substituents is 1. The minimum Gasteiger partial charge on any atom is -0.378 e. The van der Waals surface area contributed by atoms with Crippen LogP contribution in [-0.2, 0) is 0 Å². The Bertz CT molecular complexity index is 446. The molecule has 0 atom stereocenters. The van der Waals surface area contributed by atoms with Crippen molar-refractivity contribution in [1.82, 2.24) is 0 Å². The first-order chi connectivity index (χ1) is 7.70. The molecule has 1 aromatic carbocycles. The second-order valence-corrected chi connectivity index (χ2v) is 4.79. The van der Waals surface area contributed by atoms with Crippen molar-refractivity contribution in [3.05, 3.63) is 33.1 Å². The molecule has 0 bridgehead atoms. The SMILES string of the molecule is CC(C)(N)CNc1cc(F)c(Cl)cc1[N+](=O)[O-]. The molecule has 0 heterocycles. The fourth-order valence-electron chi connectivity index (χ4n) is 1.15. The molecule has 7 heteroatoms. The van der Waals surface area contributed by atoms with Crippen LogP contribution in [0.5, 0.6) is 0 Å². The van der Waals surface area contributed by atoms with Crippen molar-refractivity contribution in [2.24, 2.45) is 5.73 Å². The number of rotatable bonds is 4. The van der Waals surface area contributed by atoms with Gasteiger partial charge in [0.25, 0.3) is 5.69 Å². The van der Waals surface area contributed by atoms with E-state index in [1.165, 1.54) is 0 Å². The summed E-state index contributed by atoms with van der Waals surface area (Å²) < 4.78 is 13.2. The van der Waals surface area contributed by atoms with Gasteiger partial charge in [-0.25, -0.2) is 4.39 Å². The van der Waals surface area contributed by atoms with E-state index >= 15 is 0 Å². The third-order valence-corrected chi connectivity index (χ3v) is 2.26. The number of nitrogens with two attached hydrogens (primary N) is 1. The zero-order valence-electron chi connectivity index (χ0n) is 9.46. The molecule has 0 aromatic heterocycles. The summed E-state index contributed by atoms with van der Waals surface area (Å²) in [6, 6.07) is 1.97. The van der Waals surface area contributed by atoms with E-state index in [1.54, 1.807) is 13.8 Å². The zero-order valence-corrected chi connectivity index (χ0v) is 10.2. The Morgan fingerprint density at radius 2 is 2.18 bits per heavy atom. The Balaban J connectivity index is 3.05. The van der Waals surface area contributed by atoms with Gasteiger partial charge < -0.3 is 11.1 Å². The molecule has 1 aromatic rings. The van der Waals surface area contributed by atoms with Crippen molar-refractivity contribution in [3.8, 4) is 0 Å². The normalized spacial score (nSPS) is 11.4. The average molecular weight is 262 g/mol. The first kappa shape index (κ1) is 13.7. The Labute approximate surface area is 103 Å². The van der Waals surface area contributed by atoms with Crippen LogP contribution in [0.1, 0.15) is 13.8 Å². The van der Waals surface area contributed by atoms with E-state index in [2.05, 4.69) is 5.32 Å². The molecule has 0 unspecified atom stereocenters. The first-order valence-electron chi connectivity index (χ1n) is 4.87. The van der Waals surface area contributed by atoms with Crippen molar-refractivity contribution < 1.29 is 9.31 Å². The smallest absolute Gasteiger partial charge is 0.294 e. The number of nitrogens with zero attached hydrogens (tertiary/aromatic N) is 1. The highest BCUT2D eigenvalue weighted by atomic mass is 35.5. The van der Waals surface area contributed by atoms with Gasteiger partial charge >= 0.3 is 0 Å². The number of nitro groups is 1. The molecule has 0 saturated heterocycles. The lowest BCUT2D eigenvalue weighted by molar-refractivity contribution is -0.384. The fraction of sp³-hybridized carbons (Fsp3) is 0.400. The summed E-state index contributed by atoms with van der Waals surface area (Å²) in [5.41, 5.74) is 4.95. The molecule has 0 aliphatic rings. The summed E-state index contributed by atoms with van der Waals surface area (Å²) in [6.45, 7) is 3.77. The number of anilines is 1. The van der Waals surface area contributed by atoms with Crippen LogP contribution in [0.3, 0.4) is 0 Å². The van der Waals surface area contributed by atoms with Gasteiger partial charge in [-0.2, -0.15) is 0 Å². The molecule has 5 nitrogen and oxygen atoms in total. The quantitative estimate of drug-likeness (QED) is 0.645. The van der Waals surface area contributed by atoms with Crippen LogP contribution in [-0.4, -0.2) is 17.0 Å². The van der Waals surface area contributed by atoms with Gasteiger partial charge in [-0.1, -0.05) is 11.6 Å². The minimum absolute atomic E-state index is 0.0652. The van der Waals surface area contributed by atoms with Gasteiger partial charge in [-0.15, -0.1) is 0 Å². The molecule has 17 heavy (non-hydrogen) atoms. The summed E-state index contributed by atoms with van der Waals surface area (Å²) in [7, 11) is 0. The monoisotopic (exact) mass is 261 g/mol. The van der Waals surface area contributed by atoms with Crippen LogP contribution in [0.15, 0.2) is 12.1 Å². The molecule has 0 saturated carbocycles. The number of nitrogens with one attached hydrogen (secondary N) is 1. The van der Waals surface area contributed by atoms with Crippen molar-refractivity contribution in [1.29, 1.82) is 0 Å². The molecule has 0 aliphatic carbocycles. The number of benzene rings is 1. The van der Waals surface area contributed by atoms with Gasteiger partial charge in [-0.05, 0) is 13.8 Å². The third kappa shape index (κ3) is 3.83. The Hall–Kier alpha value is -1.40. The van der Waals surface area contributed by atoms with Gasteiger partial charge in [0.1, 0.15) is 11.5 Å². The highest BCUT2D eigenvalue weighted by molar-refractivity contribution is 6.31. The lowest BCUT2D eigenvalue weighted by Crippen LogP contribution is -2.39. The van der Waals surface area contributed by atoms with E-state index in [9.17, 15) is 14.5 Å². The van der Waals surface area contributed by atoms with Gasteiger partial charge in [0.05, 0.1) is 9.95 Å². The molecule has 0 amide bonds. The maximum absolute atomic E-state index is 13.2. The van der Waals surface area contributed by atoms with Crippen LogP contribution in [0.2, 0.25) is 5.02 Å². The van der Waals surface area contributed by atoms with Gasteiger partial charge in [0, 0.05) is 24.2 Å². The van der Waals surface area contributed by atoms with E-state index in [0.29, 0.717) is 0 Å². The molecule has 94 valence electrons. The van der Waals surface area contributed by atoms with E-state index in [4.69, 9.17) is 17.3 Å². The largest absolute Gasteiger partial charge is 0.378 e. The van der Waals surface area contributed by atoms with Crippen LogP contribution in [0.4, 0.5) is 15.8 Å². The second kappa shape index (κ2) is 4.85.